The number of aryl methyl sites for hydroxylation is 1. The molecule has 0 spiro atoms. The molecule has 2 aromatic heterocycles. The predicted octanol–water partition coefficient (Wildman–Crippen LogP) is 3.62. The number of likely N-dealkylation sites (tertiary alicyclic amines) is 2. The molecule has 5 rings (SSSR count). The number of ether oxygens (including phenoxy) is 1. The number of pyridine rings is 1. The van der Waals surface area contributed by atoms with Gasteiger partial charge in [-0.15, -0.1) is 0 Å². The quantitative estimate of drug-likeness (QED) is 0.435. The standard InChI is InChI=1S/C29H37N5O3/c1-32-27(19-33-10-4-3-5-11-33)26(18-31-32)22-6-7-23-17-30-25(15-24(23)14-22)16-28(35)21-8-12-34(13-9-21)20-29(36)37-2/h6-7,14-15,17-18,21H,3-5,8-13,16,19-20H2,1-2H3. The summed E-state index contributed by atoms with van der Waals surface area (Å²) >= 11 is 0. The molecular formula is C29H37N5O3. The van der Waals surface area contributed by atoms with Crippen molar-refractivity contribution in [1.82, 2.24) is 24.6 Å². The van der Waals surface area contributed by atoms with Gasteiger partial charge in [0, 0.05) is 48.8 Å². The highest BCUT2D eigenvalue weighted by molar-refractivity contribution is 5.89. The first-order valence-corrected chi connectivity index (χ1v) is 13.4. The van der Waals surface area contributed by atoms with E-state index in [0.717, 1.165) is 67.6 Å². The van der Waals surface area contributed by atoms with Crippen LogP contribution >= 0.6 is 0 Å². The number of hydrogen-bond donors (Lipinski definition) is 0. The van der Waals surface area contributed by atoms with Gasteiger partial charge in [-0.3, -0.25) is 29.1 Å². The minimum atomic E-state index is -0.227. The number of ketones is 1. The molecule has 37 heavy (non-hydrogen) atoms. The second-order valence-electron chi connectivity index (χ2n) is 10.5. The molecule has 0 unspecified atom stereocenters. The molecule has 2 aliphatic heterocycles. The Balaban J connectivity index is 1.28. The van der Waals surface area contributed by atoms with Crippen molar-refractivity contribution >= 4 is 22.5 Å². The van der Waals surface area contributed by atoms with Crippen LogP contribution in [-0.4, -0.2) is 76.2 Å². The lowest BCUT2D eigenvalue weighted by Gasteiger charge is -2.30. The number of fused-ring (bicyclic) bond motifs is 1. The molecule has 196 valence electrons. The van der Waals surface area contributed by atoms with E-state index in [4.69, 9.17) is 4.74 Å². The van der Waals surface area contributed by atoms with Crippen LogP contribution in [0.1, 0.15) is 43.5 Å². The van der Waals surface area contributed by atoms with Crippen LogP contribution in [0.15, 0.2) is 36.7 Å². The number of Topliss-reactive ketones (excluding diaryl/α,β-unsaturated/α-hetero) is 1. The van der Waals surface area contributed by atoms with Crippen molar-refractivity contribution < 1.29 is 14.3 Å². The second kappa shape index (κ2) is 11.5. The molecule has 0 saturated carbocycles. The van der Waals surface area contributed by atoms with E-state index >= 15 is 0 Å². The van der Waals surface area contributed by atoms with Crippen LogP contribution in [0.25, 0.3) is 21.9 Å². The van der Waals surface area contributed by atoms with Crippen molar-refractivity contribution in [3.05, 3.63) is 48.0 Å². The molecule has 8 nitrogen and oxygen atoms in total. The van der Waals surface area contributed by atoms with E-state index in [-0.39, 0.29) is 17.7 Å². The summed E-state index contributed by atoms with van der Waals surface area (Å²) in [7, 11) is 3.43. The summed E-state index contributed by atoms with van der Waals surface area (Å²) in [5.41, 5.74) is 4.37. The van der Waals surface area contributed by atoms with E-state index in [2.05, 4.69) is 44.1 Å². The Labute approximate surface area is 218 Å². The van der Waals surface area contributed by atoms with Crippen LogP contribution in [-0.2, 0) is 34.3 Å². The molecule has 4 heterocycles. The lowest BCUT2D eigenvalue weighted by atomic mass is 9.90. The largest absolute Gasteiger partial charge is 0.468 e. The van der Waals surface area contributed by atoms with Crippen LogP contribution in [0.2, 0.25) is 0 Å². The first-order chi connectivity index (χ1) is 18.0. The van der Waals surface area contributed by atoms with E-state index < -0.39 is 0 Å². The number of carbonyl (C=O) groups excluding carboxylic acids is 2. The number of carbonyl (C=O) groups is 2. The minimum absolute atomic E-state index is 0.0190. The zero-order chi connectivity index (χ0) is 25.8. The summed E-state index contributed by atoms with van der Waals surface area (Å²) < 4.78 is 6.76. The molecule has 3 aromatic rings. The maximum absolute atomic E-state index is 13.0. The Kier molecular flexibility index (Phi) is 7.96. The van der Waals surface area contributed by atoms with Crippen molar-refractivity contribution in [2.75, 3.05) is 39.8 Å². The van der Waals surface area contributed by atoms with Crippen molar-refractivity contribution in [3.63, 3.8) is 0 Å². The normalized spacial score (nSPS) is 17.8. The maximum atomic E-state index is 13.0. The summed E-state index contributed by atoms with van der Waals surface area (Å²) in [5, 5.41) is 6.74. The second-order valence-corrected chi connectivity index (χ2v) is 10.5. The lowest BCUT2D eigenvalue weighted by Crippen LogP contribution is -2.39. The van der Waals surface area contributed by atoms with Gasteiger partial charge in [0.05, 0.1) is 25.5 Å². The van der Waals surface area contributed by atoms with Crippen LogP contribution in [0.4, 0.5) is 0 Å². The van der Waals surface area contributed by atoms with E-state index in [1.165, 1.54) is 37.6 Å². The third-order valence-electron chi connectivity index (χ3n) is 7.95. The number of esters is 1. The third kappa shape index (κ3) is 6.08. The SMILES string of the molecule is COC(=O)CN1CCC(C(=O)Cc2cc3cc(-c4cnn(C)c4CN4CCCCC4)ccc3cn2)CC1. The molecule has 8 heteroatoms. The molecule has 1 aromatic carbocycles. The first kappa shape index (κ1) is 25.5. The maximum Gasteiger partial charge on any atom is 0.319 e. The number of aromatic nitrogens is 3. The van der Waals surface area contributed by atoms with Gasteiger partial charge in [0.1, 0.15) is 5.78 Å². The number of methoxy groups -OCH3 is 1. The van der Waals surface area contributed by atoms with Gasteiger partial charge in [-0.05, 0) is 74.9 Å². The number of nitrogens with zero attached hydrogens (tertiary/aromatic N) is 5. The fraction of sp³-hybridized carbons (Fsp3) is 0.517. The van der Waals surface area contributed by atoms with Gasteiger partial charge in [-0.2, -0.15) is 5.10 Å². The van der Waals surface area contributed by atoms with E-state index in [0.29, 0.717) is 13.0 Å². The third-order valence-corrected chi connectivity index (χ3v) is 7.95. The predicted molar refractivity (Wildman–Crippen MR) is 143 cm³/mol. The number of piperidine rings is 2. The Hall–Kier alpha value is -3.10. The number of benzene rings is 1. The van der Waals surface area contributed by atoms with Gasteiger partial charge in [0.25, 0.3) is 0 Å². The summed E-state index contributed by atoms with van der Waals surface area (Å²) in [6.45, 7) is 4.99. The fourth-order valence-corrected chi connectivity index (χ4v) is 5.65. The topological polar surface area (TPSA) is 80.6 Å². The van der Waals surface area contributed by atoms with Crippen LogP contribution in [0, 0.1) is 5.92 Å². The molecule has 2 fully saturated rings. The Morgan fingerprint density at radius 3 is 2.51 bits per heavy atom. The van der Waals surface area contributed by atoms with Crippen molar-refractivity contribution in [2.24, 2.45) is 13.0 Å². The van der Waals surface area contributed by atoms with Gasteiger partial charge >= 0.3 is 5.97 Å². The summed E-state index contributed by atoms with van der Waals surface area (Å²) in [5.74, 6) is 0.0247. The Morgan fingerprint density at radius 1 is 0.973 bits per heavy atom. The van der Waals surface area contributed by atoms with Crippen LogP contribution < -0.4 is 0 Å². The molecule has 0 amide bonds. The van der Waals surface area contributed by atoms with Gasteiger partial charge in [-0.1, -0.05) is 18.6 Å². The number of hydrogen-bond acceptors (Lipinski definition) is 7. The molecule has 0 aliphatic carbocycles. The fourth-order valence-electron chi connectivity index (χ4n) is 5.65. The molecule has 2 aliphatic rings. The Bertz CT molecular complexity index is 1260. The molecule has 0 N–H and O–H groups in total. The van der Waals surface area contributed by atoms with Crippen molar-refractivity contribution in [3.8, 4) is 11.1 Å². The van der Waals surface area contributed by atoms with E-state index in [1.54, 1.807) is 0 Å². The molecule has 0 radical (unpaired) electrons. The molecule has 2 saturated heterocycles. The Morgan fingerprint density at radius 2 is 1.76 bits per heavy atom. The highest BCUT2D eigenvalue weighted by Gasteiger charge is 2.26. The van der Waals surface area contributed by atoms with Gasteiger partial charge in [-0.25, -0.2) is 0 Å². The smallest absolute Gasteiger partial charge is 0.319 e. The van der Waals surface area contributed by atoms with E-state index in [1.807, 2.05) is 24.1 Å². The minimum Gasteiger partial charge on any atom is -0.468 e. The van der Waals surface area contributed by atoms with E-state index in [9.17, 15) is 9.59 Å². The van der Waals surface area contributed by atoms with Crippen LogP contribution in [0.5, 0.6) is 0 Å². The highest BCUT2D eigenvalue weighted by Crippen LogP contribution is 2.29. The van der Waals surface area contributed by atoms with Gasteiger partial charge < -0.3 is 4.74 Å². The van der Waals surface area contributed by atoms with Gasteiger partial charge in [0.15, 0.2) is 0 Å². The summed E-state index contributed by atoms with van der Waals surface area (Å²) in [4.78, 5) is 33.7. The zero-order valence-corrected chi connectivity index (χ0v) is 22.0. The first-order valence-electron chi connectivity index (χ1n) is 13.4. The summed E-state index contributed by atoms with van der Waals surface area (Å²) in [6.07, 6.45) is 9.59. The van der Waals surface area contributed by atoms with Crippen molar-refractivity contribution in [1.29, 1.82) is 0 Å². The molecular weight excluding hydrogens is 466 g/mol. The average Bonchev–Trinajstić information content (AvgIpc) is 3.28. The average molecular weight is 504 g/mol. The summed E-state index contributed by atoms with van der Waals surface area (Å²) in [6, 6.07) is 8.52. The van der Waals surface area contributed by atoms with Crippen LogP contribution in [0.3, 0.4) is 0 Å². The lowest BCUT2D eigenvalue weighted by molar-refractivity contribution is -0.142. The highest BCUT2D eigenvalue weighted by atomic mass is 16.5. The molecule has 0 atom stereocenters. The zero-order valence-electron chi connectivity index (χ0n) is 22.0. The van der Waals surface area contributed by atoms with Crippen molar-refractivity contribution in [2.45, 2.75) is 45.1 Å². The van der Waals surface area contributed by atoms with Gasteiger partial charge in [0.2, 0.25) is 0 Å². The number of rotatable bonds is 8. The molecule has 0 bridgehead atoms. The monoisotopic (exact) mass is 503 g/mol.